The average molecular weight is 315 g/mol. The molecule has 23 heavy (non-hydrogen) atoms. The lowest BCUT2D eigenvalue weighted by Crippen LogP contribution is -2.45. The number of nitriles is 1. The molecule has 6 heteroatoms. The minimum atomic E-state index is -1.07. The SMILES string of the molecule is CCC(C(=O)CC(=O)OC)C1Oc2ccccc2C(=O)C1C#N. The smallest absolute Gasteiger partial charge is 0.313 e. The highest BCUT2D eigenvalue weighted by atomic mass is 16.5. The van der Waals surface area contributed by atoms with Gasteiger partial charge in [-0.15, -0.1) is 0 Å². The van der Waals surface area contributed by atoms with Crippen LogP contribution in [0.25, 0.3) is 0 Å². The molecule has 0 aromatic heterocycles. The molecule has 0 amide bonds. The van der Waals surface area contributed by atoms with Crippen LogP contribution in [0.3, 0.4) is 0 Å². The molecule has 0 spiro atoms. The summed E-state index contributed by atoms with van der Waals surface area (Å²) in [5.41, 5.74) is 0.338. The monoisotopic (exact) mass is 315 g/mol. The van der Waals surface area contributed by atoms with Crippen molar-refractivity contribution in [3.63, 3.8) is 0 Å². The van der Waals surface area contributed by atoms with Crippen LogP contribution in [0.2, 0.25) is 0 Å². The van der Waals surface area contributed by atoms with Gasteiger partial charge in [-0.1, -0.05) is 19.1 Å². The normalized spacial score (nSPS) is 20.7. The number of benzene rings is 1. The van der Waals surface area contributed by atoms with E-state index in [9.17, 15) is 19.6 Å². The number of fused-ring (bicyclic) bond motifs is 1. The Balaban J connectivity index is 2.33. The number of hydrogen-bond acceptors (Lipinski definition) is 6. The highest BCUT2D eigenvalue weighted by molar-refractivity contribution is 6.04. The van der Waals surface area contributed by atoms with E-state index in [4.69, 9.17) is 4.74 Å². The summed E-state index contributed by atoms with van der Waals surface area (Å²) in [6.07, 6.45) is -0.943. The van der Waals surface area contributed by atoms with Crippen molar-refractivity contribution < 1.29 is 23.9 Å². The van der Waals surface area contributed by atoms with Crippen molar-refractivity contribution >= 4 is 17.5 Å². The number of ketones is 2. The third-order valence-electron chi connectivity index (χ3n) is 3.96. The fraction of sp³-hybridized carbons (Fsp3) is 0.412. The van der Waals surface area contributed by atoms with Gasteiger partial charge in [0.25, 0.3) is 0 Å². The Morgan fingerprint density at radius 3 is 2.70 bits per heavy atom. The molecule has 3 unspecified atom stereocenters. The van der Waals surface area contributed by atoms with E-state index in [2.05, 4.69) is 4.74 Å². The van der Waals surface area contributed by atoms with Gasteiger partial charge in [0.1, 0.15) is 24.2 Å². The van der Waals surface area contributed by atoms with E-state index in [0.717, 1.165) is 0 Å². The van der Waals surface area contributed by atoms with Gasteiger partial charge in [0.15, 0.2) is 11.6 Å². The maximum absolute atomic E-state index is 12.5. The van der Waals surface area contributed by atoms with Crippen molar-refractivity contribution in [2.45, 2.75) is 25.9 Å². The maximum atomic E-state index is 12.5. The highest BCUT2D eigenvalue weighted by Gasteiger charge is 2.43. The minimum absolute atomic E-state index is 0.338. The van der Waals surface area contributed by atoms with Crippen LogP contribution in [0.5, 0.6) is 5.75 Å². The predicted octanol–water partition coefficient (Wildman–Crippen LogP) is 1.93. The zero-order chi connectivity index (χ0) is 17.0. The fourth-order valence-corrected chi connectivity index (χ4v) is 2.74. The van der Waals surface area contributed by atoms with E-state index in [1.54, 1.807) is 31.2 Å². The van der Waals surface area contributed by atoms with E-state index < -0.39 is 36.1 Å². The summed E-state index contributed by atoms with van der Waals surface area (Å²) in [4.78, 5) is 36.1. The third kappa shape index (κ3) is 3.24. The van der Waals surface area contributed by atoms with Crippen molar-refractivity contribution in [2.75, 3.05) is 7.11 Å². The van der Waals surface area contributed by atoms with Gasteiger partial charge in [-0.05, 0) is 18.6 Å². The number of Topliss-reactive ketones (excluding diaryl/α,β-unsaturated/α-hetero) is 2. The molecular formula is C17H17NO5. The first-order chi connectivity index (χ1) is 11.0. The van der Waals surface area contributed by atoms with Crippen LogP contribution in [0.1, 0.15) is 30.1 Å². The summed E-state index contributed by atoms with van der Waals surface area (Å²) in [7, 11) is 1.20. The molecule has 120 valence electrons. The Hall–Kier alpha value is -2.68. The highest BCUT2D eigenvalue weighted by Crippen LogP contribution is 2.35. The number of carbonyl (C=O) groups excluding carboxylic acids is 3. The van der Waals surface area contributed by atoms with Gasteiger partial charge in [0.05, 0.1) is 24.7 Å². The van der Waals surface area contributed by atoms with Gasteiger partial charge in [-0.3, -0.25) is 14.4 Å². The zero-order valence-corrected chi connectivity index (χ0v) is 12.9. The molecule has 0 radical (unpaired) electrons. The van der Waals surface area contributed by atoms with Crippen molar-refractivity contribution in [1.82, 2.24) is 0 Å². The molecule has 0 N–H and O–H groups in total. The van der Waals surface area contributed by atoms with Gasteiger partial charge in [-0.25, -0.2) is 0 Å². The fourth-order valence-electron chi connectivity index (χ4n) is 2.74. The molecule has 1 aliphatic heterocycles. The lowest BCUT2D eigenvalue weighted by molar-refractivity contribution is -0.145. The molecule has 0 fully saturated rings. The molecule has 1 heterocycles. The van der Waals surface area contributed by atoms with Crippen LogP contribution in [0, 0.1) is 23.2 Å². The standard InChI is InChI=1S/C17H17NO5/c1-3-10(13(19)8-15(20)22-2)17-12(9-18)16(21)11-6-4-5-7-14(11)23-17/h4-7,10,12,17H,3,8H2,1-2H3. The van der Waals surface area contributed by atoms with Crippen LogP contribution < -0.4 is 4.74 Å². The van der Waals surface area contributed by atoms with Gasteiger partial charge in [0, 0.05) is 0 Å². The lowest BCUT2D eigenvalue weighted by Gasteiger charge is -2.33. The summed E-state index contributed by atoms with van der Waals surface area (Å²) in [6, 6.07) is 8.57. The Morgan fingerprint density at radius 1 is 1.39 bits per heavy atom. The second-order valence-corrected chi connectivity index (χ2v) is 5.28. The van der Waals surface area contributed by atoms with Crippen molar-refractivity contribution in [2.24, 2.45) is 11.8 Å². The first-order valence-electron chi connectivity index (χ1n) is 7.32. The topological polar surface area (TPSA) is 93.5 Å². The van der Waals surface area contributed by atoms with Crippen LogP contribution >= 0.6 is 0 Å². The summed E-state index contributed by atoms with van der Waals surface area (Å²) >= 11 is 0. The van der Waals surface area contributed by atoms with Crippen LogP contribution in [0.4, 0.5) is 0 Å². The first kappa shape index (κ1) is 16.7. The quantitative estimate of drug-likeness (QED) is 0.609. The number of nitrogens with zero attached hydrogens (tertiary/aromatic N) is 1. The minimum Gasteiger partial charge on any atom is -0.487 e. The van der Waals surface area contributed by atoms with Gasteiger partial charge in [0.2, 0.25) is 0 Å². The number of rotatable bonds is 5. The maximum Gasteiger partial charge on any atom is 0.313 e. The second kappa shape index (κ2) is 7.05. The molecule has 1 aromatic carbocycles. The Labute approximate surface area is 134 Å². The average Bonchev–Trinajstić information content (AvgIpc) is 2.55. The van der Waals surface area contributed by atoms with Crippen molar-refractivity contribution in [1.29, 1.82) is 5.26 Å². The van der Waals surface area contributed by atoms with E-state index in [-0.39, 0.29) is 5.78 Å². The molecule has 0 saturated heterocycles. The molecule has 1 aromatic rings. The summed E-state index contributed by atoms with van der Waals surface area (Å²) in [6.45, 7) is 1.75. The number of hydrogen-bond donors (Lipinski definition) is 0. The van der Waals surface area contributed by atoms with E-state index in [0.29, 0.717) is 17.7 Å². The largest absolute Gasteiger partial charge is 0.487 e. The molecule has 1 aliphatic rings. The van der Waals surface area contributed by atoms with E-state index in [1.807, 2.05) is 6.07 Å². The molecule has 0 aliphatic carbocycles. The number of carbonyl (C=O) groups is 3. The summed E-state index contributed by atoms with van der Waals surface area (Å²) < 4.78 is 10.3. The molecule has 6 nitrogen and oxygen atoms in total. The van der Waals surface area contributed by atoms with Crippen LogP contribution in [-0.4, -0.2) is 30.7 Å². The Kier molecular flexibility index (Phi) is 5.12. The number of para-hydroxylation sites is 1. The Bertz CT molecular complexity index is 676. The van der Waals surface area contributed by atoms with Gasteiger partial charge < -0.3 is 9.47 Å². The summed E-state index contributed by atoms with van der Waals surface area (Å²) in [5, 5.41) is 9.36. The third-order valence-corrected chi connectivity index (χ3v) is 3.96. The summed E-state index contributed by atoms with van der Waals surface area (Å²) in [5.74, 6) is -2.84. The van der Waals surface area contributed by atoms with Crippen molar-refractivity contribution in [3.05, 3.63) is 29.8 Å². The van der Waals surface area contributed by atoms with Crippen LogP contribution in [-0.2, 0) is 14.3 Å². The van der Waals surface area contributed by atoms with E-state index >= 15 is 0 Å². The van der Waals surface area contributed by atoms with Gasteiger partial charge in [-0.2, -0.15) is 5.26 Å². The zero-order valence-electron chi connectivity index (χ0n) is 12.9. The lowest BCUT2D eigenvalue weighted by atomic mass is 9.80. The Morgan fingerprint density at radius 2 is 2.09 bits per heavy atom. The first-order valence-corrected chi connectivity index (χ1v) is 7.32. The van der Waals surface area contributed by atoms with E-state index in [1.165, 1.54) is 7.11 Å². The number of methoxy groups -OCH3 is 1. The molecular weight excluding hydrogens is 298 g/mol. The molecule has 0 bridgehead atoms. The molecule has 0 saturated carbocycles. The number of ether oxygens (including phenoxy) is 2. The van der Waals surface area contributed by atoms with Crippen LogP contribution in [0.15, 0.2) is 24.3 Å². The molecule has 3 atom stereocenters. The predicted molar refractivity (Wildman–Crippen MR) is 79.7 cm³/mol. The second-order valence-electron chi connectivity index (χ2n) is 5.28. The molecule has 2 rings (SSSR count). The number of esters is 1. The van der Waals surface area contributed by atoms with Gasteiger partial charge >= 0.3 is 5.97 Å². The van der Waals surface area contributed by atoms with Crippen molar-refractivity contribution in [3.8, 4) is 11.8 Å².